The predicted octanol–water partition coefficient (Wildman–Crippen LogP) is 7.02. The zero-order chi connectivity index (χ0) is 23.7. The summed E-state index contributed by atoms with van der Waals surface area (Å²) >= 11 is 0. The summed E-state index contributed by atoms with van der Waals surface area (Å²) in [5.74, 6) is 0.928. The number of benzene rings is 4. The van der Waals surface area contributed by atoms with Gasteiger partial charge in [0.05, 0.1) is 6.07 Å². The number of hydrogen-bond donors (Lipinski definition) is 0. The Morgan fingerprint density at radius 1 is 0.735 bits per heavy atom. The van der Waals surface area contributed by atoms with Crippen LogP contribution in [0.1, 0.15) is 27.7 Å². The molecular formula is C31H33N2O+. The number of nitrogens with zero attached hydrogens (tertiary/aromatic N) is 2. The van der Waals surface area contributed by atoms with Gasteiger partial charge in [-0.1, -0.05) is 36.4 Å². The fourth-order valence-electron chi connectivity index (χ4n) is 5.09. The van der Waals surface area contributed by atoms with Crippen molar-refractivity contribution in [3.8, 4) is 22.5 Å². The summed E-state index contributed by atoms with van der Waals surface area (Å²) in [6, 6.07) is 28.7. The molecule has 2 aliphatic rings. The van der Waals surface area contributed by atoms with Gasteiger partial charge >= 0.3 is 0 Å². The van der Waals surface area contributed by atoms with Crippen LogP contribution >= 0.6 is 0 Å². The number of hydrogen-bond acceptors (Lipinski definition) is 2. The molecule has 1 aliphatic heterocycles. The van der Waals surface area contributed by atoms with Crippen molar-refractivity contribution < 1.29 is 4.42 Å². The van der Waals surface area contributed by atoms with Gasteiger partial charge in [0.15, 0.2) is 0 Å². The van der Waals surface area contributed by atoms with E-state index in [0.29, 0.717) is 0 Å². The SMILES string of the molecule is CCN(CC)c1ccc2c(-c3ccc4ccccc4c3)c3ccc(=[N+](CC)CC)cc-3oc2c1. The Labute approximate surface area is 201 Å². The van der Waals surface area contributed by atoms with Gasteiger partial charge in [-0.2, -0.15) is 0 Å². The zero-order valence-corrected chi connectivity index (χ0v) is 20.6. The molecule has 172 valence electrons. The van der Waals surface area contributed by atoms with Gasteiger partial charge in [-0.05, 0) is 68.3 Å². The van der Waals surface area contributed by atoms with Crippen LogP contribution in [0, 0.1) is 0 Å². The van der Waals surface area contributed by atoms with E-state index >= 15 is 0 Å². The second-order valence-electron chi connectivity index (χ2n) is 8.74. The minimum atomic E-state index is 0.928. The highest BCUT2D eigenvalue weighted by Gasteiger charge is 2.19. The van der Waals surface area contributed by atoms with Crippen LogP contribution in [0.4, 0.5) is 5.69 Å². The maximum absolute atomic E-state index is 6.60. The van der Waals surface area contributed by atoms with Gasteiger partial charge in [0, 0.05) is 47.4 Å². The highest BCUT2D eigenvalue weighted by molar-refractivity contribution is 6.04. The maximum atomic E-state index is 6.60. The lowest BCUT2D eigenvalue weighted by Crippen LogP contribution is -2.29. The summed E-state index contributed by atoms with van der Waals surface area (Å²) in [5, 5.41) is 4.86. The lowest BCUT2D eigenvalue weighted by atomic mass is 9.92. The van der Waals surface area contributed by atoms with Crippen LogP contribution in [0.15, 0.2) is 83.3 Å². The summed E-state index contributed by atoms with van der Waals surface area (Å²) < 4.78 is 8.96. The van der Waals surface area contributed by atoms with E-state index < -0.39 is 0 Å². The first-order chi connectivity index (χ1) is 16.7. The average Bonchev–Trinajstić information content (AvgIpc) is 2.88. The molecule has 34 heavy (non-hydrogen) atoms. The second kappa shape index (κ2) is 9.34. The van der Waals surface area contributed by atoms with Gasteiger partial charge in [0.1, 0.15) is 24.4 Å². The van der Waals surface area contributed by atoms with E-state index in [-0.39, 0.29) is 0 Å². The molecule has 3 nitrogen and oxygen atoms in total. The molecule has 0 N–H and O–H groups in total. The second-order valence-corrected chi connectivity index (χ2v) is 8.74. The first-order valence-corrected chi connectivity index (χ1v) is 12.5. The normalized spacial score (nSPS) is 11.4. The highest BCUT2D eigenvalue weighted by Crippen LogP contribution is 2.41. The smallest absolute Gasteiger partial charge is 0.203 e. The summed E-state index contributed by atoms with van der Waals surface area (Å²) in [5.41, 5.74) is 5.73. The first-order valence-electron chi connectivity index (χ1n) is 12.5. The summed E-state index contributed by atoms with van der Waals surface area (Å²) in [6.07, 6.45) is 0. The Kier molecular flexibility index (Phi) is 6.10. The van der Waals surface area contributed by atoms with Crippen molar-refractivity contribution in [1.82, 2.24) is 4.58 Å². The molecule has 0 unspecified atom stereocenters. The van der Waals surface area contributed by atoms with Crippen LogP contribution in [0.25, 0.3) is 44.2 Å². The topological polar surface area (TPSA) is 19.4 Å². The monoisotopic (exact) mass is 449 g/mol. The van der Waals surface area contributed by atoms with Crippen molar-refractivity contribution in [2.75, 3.05) is 31.1 Å². The lowest BCUT2D eigenvalue weighted by Gasteiger charge is -2.22. The molecule has 1 aliphatic carbocycles. The Morgan fingerprint density at radius 2 is 1.50 bits per heavy atom. The molecule has 1 heterocycles. The molecule has 3 aromatic rings. The van der Waals surface area contributed by atoms with Crippen LogP contribution in [-0.4, -0.2) is 26.2 Å². The van der Waals surface area contributed by atoms with E-state index in [2.05, 4.69) is 116 Å². The van der Waals surface area contributed by atoms with Gasteiger partial charge in [-0.15, -0.1) is 0 Å². The van der Waals surface area contributed by atoms with Gasteiger partial charge in [0.2, 0.25) is 5.36 Å². The minimum absolute atomic E-state index is 0.928. The summed E-state index contributed by atoms with van der Waals surface area (Å²) in [6.45, 7) is 12.7. The van der Waals surface area contributed by atoms with Crippen LogP contribution in [-0.2, 0) is 0 Å². The van der Waals surface area contributed by atoms with Crippen LogP contribution in [0.5, 0.6) is 0 Å². The van der Waals surface area contributed by atoms with Gasteiger partial charge < -0.3 is 9.32 Å². The van der Waals surface area contributed by atoms with E-state index in [1.165, 1.54) is 32.9 Å². The largest absolute Gasteiger partial charge is 0.456 e. The fourth-order valence-corrected chi connectivity index (χ4v) is 5.09. The van der Waals surface area contributed by atoms with Crippen molar-refractivity contribution >= 4 is 27.4 Å². The number of anilines is 1. The third-order valence-corrected chi connectivity index (χ3v) is 6.98. The minimum Gasteiger partial charge on any atom is -0.456 e. The molecule has 0 radical (unpaired) electrons. The van der Waals surface area contributed by atoms with Crippen molar-refractivity contribution in [1.29, 1.82) is 0 Å². The molecule has 0 bridgehead atoms. The molecule has 0 atom stereocenters. The highest BCUT2D eigenvalue weighted by atomic mass is 16.3. The average molecular weight is 450 g/mol. The maximum Gasteiger partial charge on any atom is 0.203 e. The standard InChI is InChI=1S/C31H33N2O/c1-5-32(6-2)25-15-17-27-29(20-25)34-30-21-26(33(7-3)8-4)16-18-28(30)31(27)24-14-13-22-11-9-10-12-23(22)19-24/h9-21H,5-8H2,1-4H3/q+1. The van der Waals surface area contributed by atoms with E-state index in [9.17, 15) is 0 Å². The van der Waals surface area contributed by atoms with E-state index in [1.807, 2.05) is 0 Å². The Balaban J connectivity index is 1.85. The van der Waals surface area contributed by atoms with Crippen molar-refractivity contribution in [3.63, 3.8) is 0 Å². The van der Waals surface area contributed by atoms with Crippen LogP contribution in [0.2, 0.25) is 0 Å². The molecule has 3 aromatic carbocycles. The molecule has 0 saturated carbocycles. The Bertz CT molecular complexity index is 1500. The quantitative estimate of drug-likeness (QED) is 0.205. The zero-order valence-electron chi connectivity index (χ0n) is 20.6. The van der Waals surface area contributed by atoms with Crippen molar-refractivity contribution in [2.24, 2.45) is 0 Å². The van der Waals surface area contributed by atoms with Crippen LogP contribution in [0.3, 0.4) is 0 Å². The van der Waals surface area contributed by atoms with Gasteiger partial charge in [-0.3, -0.25) is 0 Å². The molecular weight excluding hydrogens is 416 g/mol. The third-order valence-electron chi connectivity index (χ3n) is 6.98. The summed E-state index contributed by atoms with van der Waals surface area (Å²) in [7, 11) is 0. The number of fused-ring (bicyclic) bond motifs is 3. The van der Waals surface area contributed by atoms with E-state index in [1.54, 1.807) is 0 Å². The molecule has 0 aromatic heterocycles. The van der Waals surface area contributed by atoms with Crippen molar-refractivity contribution in [3.05, 3.63) is 84.2 Å². The third kappa shape index (κ3) is 3.86. The summed E-state index contributed by atoms with van der Waals surface area (Å²) in [4.78, 5) is 2.36. The molecule has 0 amide bonds. The van der Waals surface area contributed by atoms with Crippen molar-refractivity contribution in [2.45, 2.75) is 27.7 Å². The van der Waals surface area contributed by atoms with Crippen LogP contribution < -0.4 is 14.8 Å². The lowest BCUT2D eigenvalue weighted by molar-refractivity contribution is 0.604. The molecule has 3 heteroatoms. The Hall–Kier alpha value is -3.59. The number of rotatable bonds is 6. The van der Waals surface area contributed by atoms with Gasteiger partial charge in [0.25, 0.3) is 0 Å². The fraction of sp³-hybridized carbons (Fsp3) is 0.258. The molecule has 0 saturated heterocycles. The Morgan fingerprint density at radius 3 is 2.24 bits per heavy atom. The molecule has 5 rings (SSSR count). The first kappa shape index (κ1) is 22.2. The van der Waals surface area contributed by atoms with E-state index in [0.717, 1.165) is 48.5 Å². The molecule has 0 spiro atoms. The van der Waals surface area contributed by atoms with Gasteiger partial charge in [-0.25, -0.2) is 4.58 Å². The molecule has 0 fully saturated rings. The van der Waals surface area contributed by atoms with E-state index in [4.69, 9.17) is 4.42 Å². The predicted molar refractivity (Wildman–Crippen MR) is 146 cm³/mol.